The lowest BCUT2D eigenvalue weighted by Crippen LogP contribution is -2.26. The van der Waals surface area contributed by atoms with Crippen LogP contribution < -0.4 is 15.8 Å². The van der Waals surface area contributed by atoms with Gasteiger partial charge in [0.05, 0.1) is 12.9 Å². The minimum absolute atomic E-state index is 0.0351. The molecule has 106 valence electrons. The van der Waals surface area contributed by atoms with Crippen LogP contribution in [0.4, 0.5) is 5.69 Å². The normalized spacial score (nSPS) is 10.5. The summed E-state index contributed by atoms with van der Waals surface area (Å²) in [7, 11) is 1.61. The minimum Gasteiger partial charge on any atom is -0.497 e. The van der Waals surface area contributed by atoms with Crippen LogP contribution in [0.3, 0.4) is 0 Å². The summed E-state index contributed by atoms with van der Waals surface area (Å²) in [5, 5.41) is 2.90. The van der Waals surface area contributed by atoms with Crippen molar-refractivity contribution in [3.8, 4) is 5.75 Å². The molecule has 0 aliphatic rings. The maximum Gasteiger partial charge on any atom is 0.230 e. The molecule has 0 bridgehead atoms. The maximum absolute atomic E-state index is 11.7. The van der Waals surface area contributed by atoms with Crippen LogP contribution in [0.15, 0.2) is 23.1 Å². The Hall–Kier alpha value is -1.36. The van der Waals surface area contributed by atoms with Gasteiger partial charge in [-0.2, -0.15) is 0 Å². The highest BCUT2D eigenvalue weighted by molar-refractivity contribution is 8.00. The molecule has 0 aliphatic heterocycles. The first-order valence-corrected chi connectivity index (χ1v) is 7.34. The molecule has 0 saturated carbocycles. The van der Waals surface area contributed by atoms with Gasteiger partial charge in [0.2, 0.25) is 5.91 Å². The fraction of sp³-hybridized carbons (Fsp3) is 0.500. The van der Waals surface area contributed by atoms with Crippen molar-refractivity contribution in [3.05, 3.63) is 18.2 Å². The van der Waals surface area contributed by atoms with Crippen LogP contribution in [0.2, 0.25) is 0 Å². The van der Waals surface area contributed by atoms with Gasteiger partial charge in [0.25, 0.3) is 0 Å². The molecule has 1 aromatic carbocycles. The summed E-state index contributed by atoms with van der Waals surface area (Å²) in [4.78, 5) is 12.5. The number of methoxy groups -OCH3 is 1. The summed E-state index contributed by atoms with van der Waals surface area (Å²) in [6, 6.07) is 5.45. The van der Waals surface area contributed by atoms with Crippen molar-refractivity contribution in [3.63, 3.8) is 0 Å². The monoisotopic (exact) mass is 282 g/mol. The zero-order valence-electron chi connectivity index (χ0n) is 11.7. The second-order valence-electron chi connectivity index (χ2n) is 4.72. The fourth-order valence-corrected chi connectivity index (χ4v) is 2.28. The molecule has 0 spiro atoms. The fourth-order valence-electron chi connectivity index (χ4n) is 1.46. The highest BCUT2D eigenvalue weighted by atomic mass is 32.2. The Bertz CT molecular complexity index is 422. The third-order valence-electron chi connectivity index (χ3n) is 2.62. The number of nitrogens with one attached hydrogen (secondary N) is 1. The molecule has 5 heteroatoms. The molecule has 0 saturated heterocycles. The number of benzene rings is 1. The molecular weight excluding hydrogens is 260 g/mol. The SMILES string of the molecule is COc1ccc(N)c(SCC(=O)NCCC(C)C)c1. The van der Waals surface area contributed by atoms with Gasteiger partial charge in [-0.25, -0.2) is 0 Å². The molecule has 4 nitrogen and oxygen atoms in total. The van der Waals surface area contributed by atoms with Crippen LogP contribution in [0.5, 0.6) is 5.75 Å². The molecule has 1 amide bonds. The standard InChI is InChI=1S/C14H22N2O2S/c1-10(2)6-7-16-14(17)9-19-13-8-11(18-3)4-5-12(13)15/h4-5,8,10H,6-7,9,15H2,1-3H3,(H,16,17). The van der Waals surface area contributed by atoms with Crippen LogP contribution in [-0.4, -0.2) is 25.3 Å². The van der Waals surface area contributed by atoms with E-state index >= 15 is 0 Å². The summed E-state index contributed by atoms with van der Waals surface area (Å²) < 4.78 is 5.14. The number of nitrogens with two attached hydrogens (primary N) is 1. The van der Waals surface area contributed by atoms with Crippen LogP contribution in [-0.2, 0) is 4.79 Å². The highest BCUT2D eigenvalue weighted by Crippen LogP contribution is 2.28. The van der Waals surface area contributed by atoms with E-state index in [0.29, 0.717) is 17.4 Å². The van der Waals surface area contributed by atoms with E-state index in [4.69, 9.17) is 10.5 Å². The van der Waals surface area contributed by atoms with Crippen molar-refractivity contribution in [2.75, 3.05) is 25.1 Å². The van der Waals surface area contributed by atoms with Gasteiger partial charge in [0.15, 0.2) is 0 Å². The number of rotatable bonds is 7. The van der Waals surface area contributed by atoms with Crippen molar-refractivity contribution in [2.45, 2.75) is 25.2 Å². The van der Waals surface area contributed by atoms with Crippen molar-refractivity contribution in [1.82, 2.24) is 5.32 Å². The molecule has 3 N–H and O–H groups in total. The van der Waals surface area contributed by atoms with Gasteiger partial charge in [-0.15, -0.1) is 11.8 Å². The van der Waals surface area contributed by atoms with Crippen LogP contribution in [0.25, 0.3) is 0 Å². The number of carbonyl (C=O) groups excluding carboxylic acids is 1. The lowest BCUT2D eigenvalue weighted by Gasteiger charge is -2.09. The Labute approximate surface area is 119 Å². The van der Waals surface area contributed by atoms with Gasteiger partial charge in [0.1, 0.15) is 5.75 Å². The summed E-state index contributed by atoms with van der Waals surface area (Å²) in [6.07, 6.45) is 0.998. The Morgan fingerprint density at radius 2 is 2.21 bits per heavy atom. The number of hydrogen-bond acceptors (Lipinski definition) is 4. The van der Waals surface area contributed by atoms with E-state index in [1.165, 1.54) is 11.8 Å². The van der Waals surface area contributed by atoms with Gasteiger partial charge in [-0.3, -0.25) is 4.79 Å². The number of nitrogen functional groups attached to an aromatic ring is 1. The first kappa shape index (κ1) is 15.7. The van der Waals surface area contributed by atoms with E-state index in [1.54, 1.807) is 13.2 Å². The van der Waals surface area contributed by atoms with E-state index in [1.807, 2.05) is 12.1 Å². The molecule has 0 fully saturated rings. The molecule has 19 heavy (non-hydrogen) atoms. The molecule has 0 aromatic heterocycles. The molecule has 0 radical (unpaired) electrons. The summed E-state index contributed by atoms with van der Waals surface area (Å²) in [5.74, 6) is 1.75. The van der Waals surface area contributed by atoms with E-state index in [-0.39, 0.29) is 5.91 Å². The average molecular weight is 282 g/mol. The number of hydrogen-bond donors (Lipinski definition) is 2. The molecule has 0 aliphatic carbocycles. The van der Waals surface area contributed by atoms with Crippen molar-refractivity contribution in [2.24, 2.45) is 5.92 Å². The Kier molecular flexibility index (Phi) is 6.56. The summed E-state index contributed by atoms with van der Waals surface area (Å²) in [6.45, 7) is 5.00. The Morgan fingerprint density at radius 1 is 1.47 bits per heavy atom. The smallest absolute Gasteiger partial charge is 0.230 e. The Balaban J connectivity index is 2.41. The van der Waals surface area contributed by atoms with Gasteiger partial charge in [0, 0.05) is 17.1 Å². The zero-order chi connectivity index (χ0) is 14.3. The number of anilines is 1. The van der Waals surface area contributed by atoms with Gasteiger partial charge in [-0.05, 0) is 30.5 Å². The number of amides is 1. The molecule has 0 heterocycles. The van der Waals surface area contributed by atoms with Crippen molar-refractivity contribution >= 4 is 23.4 Å². The predicted molar refractivity (Wildman–Crippen MR) is 80.6 cm³/mol. The lowest BCUT2D eigenvalue weighted by atomic mass is 10.1. The topological polar surface area (TPSA) is 64.3 Å². The maximum atomic E-state index is 11.7. The number of carbonyl (C=O) groups is 1. The largest absolute Gasteiger partial charge is 0.497 e. The van der Waals surface area contributed by atoms with Gasteiger partial charge < -0.3 is 15.8 Å². The summed E-state index contributed by atoms with van der Waals surface area (Å²) in [5.41, 5.74) is 6.53. The molecule has 0 atom stereocenters. The second kappa shape index (κ2) is 7.94. The molecular formula is C14H22N2O2S. The average Bonchev–Trinajstić information content (AvgIpc) is 2.37. The molecule has 1 rings (SSSR count). The zero-order valence-corrected chi connectivity index (χ0v) is 12.5. The van der Waals surface area contributed by atoms with E-state index < -0.39 is 0 Å². The quantitative estimate of drug-likeness (QED) is 0.596. The minimum atomic E-state index is 0.0351. The third-order valence-corrected chi connectivity index (χ3v) is 3.69. The van der Waals surface area contributed by atoms with E-state index in [0.717, 1.165) is 23.6 Å². The Morgan fingerprint density at radius 3 is 2.84 bits per heavy atom. The first-order valence-electron chi connectivity index (χ1n) is 6.36. The van der Waals surface area contributed by atoms with Gasteiger partial charge in [-0.1, -0.05) is 13.8 Å². The van der Waals surface area contributed by atoms with Gasteiger partial charge >= 0.3 is 0 Å². The molecule has 0 unspecified atom stereocenters. The highest BCUT2D eigenvalue weighted by Gasteiger charge is 2.06. The van der Waals surface area contributed by atoms with E-state index in [2.05, 4.69) is 19.2 Å². The van der Waals surface area contributed by atoms with E-state index in [9.17, 15) is 4.79 Å². The molecule has 1 aromatic rings. The van der Waals surface area contributed by atoms with Crippen molar-refractivity contribution in [1.29, 1.82) is 0 Å². The van der Waals surface area contributed by atoms with Crippen LogP contribution in [0.1, 0.15) is 20.3 Å². The third kappa shape index (κ3) is 5.87. The van der Waals surface area contributed by atoms with Crippen molar-refractivity contribution < 1.29 is 9.53 Å². The lowest BCUT2D eigenvalue weighted by molar-refractivity contribution is -0.118. The van der Waals surface area contributed by atoms with Crippen LogP contribution in [0, 0.1) is 5.92 Å². The second-order valence-corrected chi connectivity index (χ2v) is 5.74. The predicted octanol–water partition coefficient (Wildman–Crippen LogP) is 2.53. The van der Waals surface area contributed by atoms with Crippen LogP contribution >= 0.6 is 11.8 Å². The summed E-state index contributed by atoms with van der Waals surface area (Å²) >= 11 is 1.43. The number of thioether (sulfide) groups is 1. The first-order chi connectivity index (χ1) is 9.02. The number of ether oxygens (including phenoxy) is 1.